The van der Waals surface area contributed by atoms with Crippen LogP contribution in [0.5, 0.6) is 5.75 Å². The van der Waals surface area contributed by atoms with Crippen molar-refractivity contribution in [3.05, 3.63) is 53.6 Å². The fourth-order valence-electron chi connectivity index (χ4n) is 3.50. The number of allylic oxidation sites excluding steroid dienone is 2. The minimum atomic E-state index is -0.821. The van der Waals surface area contributed by atoms with E-state index in [1.807, 2.05) is 6.08 Å². The molecule has 0 amide bonds. The average Bonchev–Trinajstić information content (AvgIpc) is 2.94. The van der Waals surface area contributed by atoms with Crippen LogP contribution >= 0.6 is 11.6 Å². The number of ether oxygens (including phenoxy) is 1. The molecule has 5 nitrogen and oxygen atoms in total. The Kier molecular flexibility index (Phi) is 10.0. The van der Waals surface area contributed by atoms with Crippen molar-refractivity contribution < 1.29 is 25.2 Å². The highest BCUT2D eigenvalue weighted by atomic mass is 35.5. The van der Waals surface area contributed by atoms with Crippen LogP contribution in [0.3, 0.4) is 0 Å². The maximum absolute atomic E-state index is 10.3. The molecule has 1 aliphatic rings. The predicted octanol–water partition coefficient (Wildman–Crippen LogP) is 3.10. The third kappa shape index (κ3) is 7.57. The predicted molar refractivity (Wildman–Crippen MR) is 110 cm³/mol. The highest BCUT2D eigenvalue weighted by Gasteiger charge is 2.39. The first-order valence-corrected chi connectivity index (χ1v) is 10.3. The van der Waals surface area contributed by atoms with Crippen LogP contribution in [-0.2, 0) is 0 Å². The SMILES string of the molecule is OCCCCC=CC[C@H]1C(O)CC(O)[C@@H]1C=CC(O)COc1cccc(Cl)c1. The summed E-state index contributed by atoms with van der Waals surface area (Å²) >= 11 is 5.91. The van der Waals surface area contributed by atoms with E-state index in [4.69, 9.17) is 21.4 Å². The number of aliphatic hydroxyl groups is 4. The van der Waals surface area contributed by atoms with Crippen molar-refractivity contribution in [1.29, 1.82) is 0 Å². The molecule has 1 saturated carbocycles. The van der Waals surface area contributed by atoms with E-state index in [0.717, 1.165) is 19.3 Å². The number of halogens is 1. The summed E-state index contributed by atoms with van der Waals surface area (Å²) in [6.07, 6.45) is 9.11. The van der Waals surface area contributed by atoms with Crippen molar-refractivity contribution >= 4 is 11.6 Å². The fourth-order valence-corrected chi connectivity index (χ4v) is 3.68. The summed E-state index contributed by atoms with van der Waals surface area (Å²) in [5.41, 5.74) is 0. The van der Waals surface area contributed by atoms with Crippen molar-refractivity contribution in [1.82, 2.24) is 0 Å². The fraction of sp³-hybridized carbons (Fsp3) is 0.545. The van der Waals surface area contributed by atoms with Gasteiger partial charge < -0.3 is 25.2 Å². The molecule has 2 rings (SSSR count). The first-order valence-electron chi connectivity index (χ1n) is 9.88. The Morgan fingerprint density at radius 2 is 2.00 bits per heavy atom. The zero-order valence-electron chi connectivity index (χ0n) is 16.0. The van der Waals surface area contributed by atoms with Gasteiger partial charge in [-0.2, -0.15) is 0 Å². The molecule has 1 aromatic rings. The lowest BCUT2D eigenvalue weighted by atomic mass is 9.89. The molecule has 1 aliphatic carbocycles. The standard InChI is InChI=1S/C22H31ClO5/c23-16-7-6-8-18(13-16)28-15-17(25)10-11-20-19(21(26)14-22(20)27)9-4-2-1-3-5-12-24/h2,4,6-8,10-11,13,17,19-22,24-27H,1,3,5,9,12,14-15H2/t17?,19-,20-,21?,22?/m1/s1. The summed E-state index contributed by atoms with van der Waals surface area (Å²) in [7, 11) is 0. The van der Waals surface area contributed by atoms with Gasteiger partial charge in [-0.3, -0.25) is 0 Å². The van der Waals surface area contributed by atoms with Crippen LogP contribution < -0.4 is 4.74 Å². The number of benzene rings is 1. The maximum atomic E-state index is 10.3. The second kappa shape index (κ2) is 12.2. The monoisotopic (exact) mass is 410 g/mol. The summed E-state index contributed by atoms with van der Waals surface area (Å²) in [5.74, 6) is 0.291. The van der Waals surface area contributed by atoms with Crippen molar-refractivity contribution in [3.63, 3.8) is 0 Å². The number of aliphatic hydroxyl groups excluding tert-OH is 4. The van der Waals surface area contributed by atoms with Gasteiger partial charge in [-0.1, -0.05) is 42.0 Å². The zero-order chi connectivity index (χ0) is 20.4. The topological polar surface area (TPSA) is 90.2 Å². The molecule has 4 N–H and O–H groups in total. The number of hydrogen-bond donors (Lipinski definition) is 4. The van der Waals surface area contributed by atoms with Crippen LogP contribution in [0.2, 0.25) is 5.02 Å². The Bertz CT molecular complexity index is 633. The van der Waals surface area contributed by atoms with Gasteiger partial charge in [-0.05, 0) is 49.8 Å². The van der Waals surface area contributed by atoms with Gasteiger partial charge in [0.1, 0.15) is 18.5 Å². The van der Waals surface area contributed by atoms with Crippen LogP contribution in [-0.4, -0.2) is 52.0 Å². The van der Waals surface area contributed by atoms with Gasteiger partial charge in [0.15, 0.2) is 0 Å². The van der Waals surface area contributed by atoms with E-state index in [0.29, 0.717) is 23.6 Å². The zero-order valence-corrected chi connectivity index (χ0v) is 16.8. The van der Waals surface area contributed by atoms with Gasteiger partial charge in [0, 0.05) is 24.0 Å². The highest BCUT2D eigenvalue weighted by molar-refractivity contribution is 6.30. The molecule has 0 bridgehead atoms. The van der Waals surface area contributed by atoms with Crippen LogP contribution in [0.15, 0.2) is 48.6 Å². The summed E-state index contributed by atoms with van der Waals surface area (Å²) in [4.78, 5) is 0. The molecule has 6 heteroatoms. The van der Waals surface area contributed by atoms with E-state index < -0.39 is 18.3 Å². The lowest BCUT2D eigenvalue weighted by Gasteiger charge is -2.19. The van der Waals surface area contributed by atoms with E-state index >= 15 is 0 Å². The van der Waals surface area contributed by atoms with Gasteiger partial charge in [-0.25, -0.2) is 0 Å². The van der Waals surface area contributed by atoms with Crippen LogP contribution in [0.4, 0.5) is 0 Å². The number of rotatable bonds is 11. The average molecular weight is 411 g/mol. The Balaban J connectivity index is 1.84. The summed E-state index contributed by atoms with van der Waals surface area (Å²) in [6.45, 7) is 0.287. The number of unbranched alkanes of at least 4 members (excludes halogenated alkanes) is 2. The third-order valence-corrected chi connectivity index (χ3v) is 5.28. The molecule has 0 saturated heterocycles. The van der Waals surface area contributed by atoms with Crippen LogP contribution in [0.25, 0.3) is 0 Å². The van der Waals surface area contributed by atoms with E-state index in [2.05, 4.69) is 6.08 Å². The summed E-state index contributed by atoms with van der Waals surface area (Å²) < 4.78 is 5.52. The quantitative estimate of drug-likeness (QED) is 0.332. The smallest absolute Gasteiger partial charge is 0.120 e. The van der Waals surface area contributed by atoms with Crippen LogP contribution in [0.1, 0.15) is 32.1 Å². The van der Waals surface area contributed by atoms with Gasteiger partial charge in [0.25, 0.3) is 0 Å². The summed E-state index contributed by atoms with van der Waals surface area (Å²) in [6, 6.07) is 6.97. The maximum Gasteiger partial charge on any atom is 0.120 e. The first kappa shape index (κ1) is 22.9. The molecule has 5 atom stereocenters. The molecule has 0 radical (unpaired) electrons. The van der Waals surface area contributed by atoms with E-state index in [1.165, 1.54) is 0 Å². The Hall–Kier alpha value is -1.37. The second-order valence-corrected chi connectivity index (χ2v) is 7.70. The molecule has 3 unspecified atom stereocenters. The molecule has 0 aromatic heterocycles. The molecule has 156 valence electrons. The minimum Gasteiger partial charge on any atom is -0.491 e. The van der Waals surface area contributed by atoms with Gasteiger partial charge in [-0.15, -0.1) is 0 Å². The van der Waals surface area contributed by atoms with E-state index in [-0.39, 0.29) is 25.0 Å². The normalized spacial score (nSPS) is 26.3. The van der Waals surface area contributed by atoms with Gasteiger partial charge >= 0.3 is 0 Å². The van der Waals surface area contributed by atoms with E-state index in [9.17, 15) is 15.3 Å². The minimum absolute atomic E-state index is 0.0810. The van der Waals surface area contributed by atoms with E-state index in [1.54, 1.807) is 36.4 Å². The van der Waals surface area contributed by atoms with Crippen molar-refractivity contribution in [2.75, 3.05) is 13.2 Å². The Labute approximate surface area is 171 Å². The summed E-state index contributed by atoms with van der Waals surface area (Å²) in [5, 5.41) is 40.0. The van der Waals surface area contributed by atoms with Crippen LogP contribution in [0, 0.1) is 11.8 Å². The van der Waals surface area contributed by atoms with Gasteiger partial charge in [0.2, 0.25) is 0 Å². The molecular weight excluding hydrogens is 380 g/mol. The molecular formula is C22H31ClO5. The molecule has 28 heavy (non-hydrogen) atoms. The van der Waals surface area contributed by atoms with Gasteiger partial charge in [0.05, 0.1) is 12.2 Å². The Morgan fingerprint density at radius 3 is 2.75 bits per heavy atom. The second-order valence-electron chi connectivity index (χ2n) is 7.26. The Morgan fingerprint density at radius 1 is 1.18 bits per heavy atom. The third-order valence-electron chi connectivity index (χ3n) is 5.04. The lowest BCUT2D eigenvalue weighted by Crippen LogP contribution is -2.21. The molecule has 0 heterocycles. The van der Waals surface area contributed by atoms with Crippen molar-refractivity contribution in [2.45, 2.75) is 50.4 Å². The molecule has 0 aliphatic heterocycles. The lowest BCUT2D eigenvalue weighted by molar-refractivity contribution is 0.120. The molecule has 1 fully saturated rings. The number of hydrogen-bond acceptors (Lipinski definition) is 5. The molecule has 0 spiro atoms. The highest BCUT2D eigenvalue weighted by Crippen LogP contribution is 2.36. The largest absolute Gasteiger partial charge is 0.491 e. The first-order chi connectivity index (χ1) is 13.5. The van der Waals surface area contributed by atoms with Crippen molar-refractivity contribution in [2.24, 2.45) is 11.8 Å². The van der Waals surface area contributed by atoms with Crippen molar-refractivity contribution in [3.8, 4) is 5.75 Å². The molecule has 1 aromatic carbocycles.